The van der Waals surface area contributed by atoms with Crippen molar-refractivity contribution in [2.75, 3.05) is 19.6 Å². The van der Waals surface area contributed by atoms with Crippen molar-refractivity contribution in [2.24, 2.45) is 7.05 Å². The Morgan fingerprint density at radius 1 is 1.50 bits per heavy atom. The van der Waals surface area contributed by atoms with Crippen LogP contribution in [0.25, 0.3) is 0 Å². The molecule has 5 nitrogen and oxygen atoms in total. The van der Waals surface area contributed by atoms with Gasteiger partial charge in [-0.15, -0.1) is 0 Å². The highest BCUT2D eigenvalue weighted by molar-refractivity contribution is 6.31. The molecular formula is C15H16ClFN4O. The Labute approximate surface area is 132 Å². The summed E-state index contributed by atoms with van der Waals surface area (Å²) in [4.78, 5) is 18.7. The number of halogens is 2. The number of aryl methyl sites for hydroxylation is 1. The van der Waals surface area contributed by atoms with E-state index in [-0.39, 0.29) is 17.5 Å². The van der Waals surface area contributed by atoms with Crippen molar-refractivity contribution < 1.29 is 9.18 Å². The maximum Gasteiger partial charge on any atom is 0.257 e. The molecule has 1 aromatic carbocycles. The Bertz CT molecular complexity index is 703. The normalized spacial score (nSPS) is 18.5. The maximum atomic E-state index is 14.0. The van der Waals surface area contributed by atoms with Gasteiger partial charge in [-0.3, -0.25) is 4.79 Å². The number of piperazine rings is 1. The number of aromatic nitrogens is 2. The number of hydrogen-bond donors (Lipinski definition) is 1. The Morgan fingerprint density at radius 2 is 2.32 bits per heavy atom. The first-order valence-corrected chi connectivity index (χ1v) is 7.39. The molecule has 0 aliphatic carbocycles. The molecule has 1 fully saturated rings. The van der Waals surface area contributed by atoms with E-state index >= 15 is 0 Å². The smallest absolute Gasteiger partial charge is 0.257 e. The predicted octanol–water partition coefficient (Wildman–Crippen LogP) is 2.00. The largest absolute Gasteiger partial charge is 0.336 e. The minimum Gasteiger partial charge on any atom is -0.336 e. The van der Waals surface area contributed by atoms with E-state index in [2.05, 4.69) is 10.3 Å². The van der Waals surface area contributed by atoms with Crippen LogP contribution in [0.2, 0.25) is 5.02 Å². The van der Waals surface area contributed by atoms with Gasteiger partial charge < -0.3 is 14.8 Å². The summed E-state index contributed by atoms with van der Waals surface area (Å²) in [5.74, 6) is -0.163. The average Bonchev–Trinajstić information content (AvgIpc) is 2.95. The predicted molar refractivity (Wildman–Crippen MR) is 81.3 cm³/mol. The number of carbonyl (C=O) groups is 1. The zero-order chi connectivity index (χ0) is 15.7. The van der Waals surface area contributed by atoms with Crippen LogP contribution in [0.1, 0.15) is 22.2 Å². The zero-order valence-corrected chi connectivity index (χ0v) is 12.8. The molecule has 1 N–H and O–H groups in total. The first kappa shape index (κ1) is 15.0. The summed E-state index contributed by atoms with van der Waals surface area (Å²) in [7, 11) is 1.87. The summed E-state index contributed by atoms with van der Waals surface area (Å²) >= 11 is 5.89. The molecule has 1 amide bonds. The van der Waals surface area contributed by atoms with Crippen molar-refractivity contribution in [3.05, 3.63) is 52.8 Å². The highest BCUT2D eigenvalue weighted by Crippen LogP contribution is 2.24. The third kappa shape index (κ3) is 2.71. The molecule has 0 bridgehead atoms. The van der Waals surface area contributed by atoms with Crippen molar-refractivity contribution in [3.8, 4) is 0 Å². The minimum atomic E-state index is -0.563. The van der Waals surface area contributed by atoms with Crippen LogP contribution in [0.15, 0.2) is 30.6 Å². The Balaban J connectivity index is 1.95. The molecule has 1 atom stereocenters. The number of rotatable bonds is 2. The van der Waals surface area contributed by atoms with Crippen LogP contribution >= 0.6 is 11.6 Å². The number of amides is 1. The quantitative estimate of drug-likeness (QED) is 0.920. The van der Waals surface area contributed by atoms with Crippen molar-refractivity contribution in [2.45, 2.75) is 6.04 Å². The second-order valence-electron chi connectivity index (χ2n) is 5.24. The van der Waals surface area contributed by atoms with Crippen molar-refractivity contribution in [1.82, 2.24) is 19.8 Å². The van der Waals surface area contributed by atoms with Crippen LogP contribution in [0.4, 0.5) is 4.39 Å². The SMILES string of the molecule is Cn1ccnc1C1CNCCN1C(=O)c1cc(Cl)ccc1F. The van der Waals surface area contributed by atoms with Gasteiger partial charge in [-0.05, 0) is 18.2 Å². The lowest BCUT2D eigenvalue weighted by Crippen LogP contribution is -2.49. The van der Waals surface area contributed by atoms with Gasteiger partial charge in [0.2, 0.25) is 0 Å². The third-order valence-electron chi connectivity index (χ3n) is 3.82. The second kappa shape index (κ2) is 6.06. The van der Waals surface area contributed by atoms with E-state index in [0.717, 1.165) is 5.82 Å². The van der Waals surface area contributed by atoms with Crippen LogP contribution in [0.3, 0.4) is 0 Å². The van der Waals surface area contributed by atoms with Crippen LogP contribution in [0.5, 0.6) is 0 Å². The molecule has 1 saturated heterocycles. The number of imidazole rings is 1. The summed E-state index contributed by atoms with van der Waals surface area (Å²) < 4.78 is 15.8. The van der Waals surface area contributed by atoms with Crippen LogP contribution in [-0.2, 0) is 7.05 Å². The van der Waals surface area contributed by atoms with Gasteiger partial charge in [0.15, 0.2) is 0 Å². The van der Waals surface area contributed by atoms with Crippen molar-refractivity contribution in [3.63, 3.8) is 0 Å². The van der Waals surface area contributed by atoms with E-state index in [9.17, 15) is 9.18 Å². The lowest BCUT2D eigenvalue weighted by atomic mass is 10.1. The fourth-order valence-electron chi connectivity index (χ4n) is 2.69. The number of nitrogens with one attached hydrogen (secondary N) is 1. The lowest BCUT2D eigenvalue weighted by Gasteiger charge is -2.35. The molecule has 0 saturated carbocycles. The lowest BCUT2D eigenvalue weighted by molar-refractivity contribution is 0.0616. The molecular weight excluding hydrogens is 307 g/mol. The topological polar surface area (TPSA) is 50.2 Å². The molecule has 22 heavy (non-hydrogen) atoms. The fourth-order valence-corrected chi connectivity index (χ4v) is 2.86. The Morgan fingerprint density at radius 3 is 3.05 bits per heavy atom. The number of hydrogen-bond acceptors (Lipinski definition) is 3. The van der Waals surface area contributed by atoms with Crippen molar-refractivity contribution >= 4 is 17.5 Å². The van der Waals surface area contributed by atoms with Crippen LogP contribution in [0, 0.1) is 5.82 Å². The highest BCUT2D eigenvalue weighted by Gasteiger charge is 2.32. The first-order valence-electron chi connectivity index (χ1n) is 7.02. The number of benzene rings is 1. The molecule has 7 heteroatoms. The number of carbonyl (C=O) groups excluding carboxylic acids is 1. The third-order valence-corrected chi connectivity index (χ3v) is 4.05. The van der Waals surface area contributed by atoms with Gasteiger partial charge in [0, 0.05) is 44.1 Å². The molecule has 2 aromatic rings. The molecule has 3 rings (SSSR count). The van der Waals surface area contributed by atoms with Gasteiger partial charge >= 0.3 is 0 Å². The van der Waals surface area contributed by atoms with E-state index in [1.165, 1.54) is 18.2 Å². The van der Waals surface area contributed by atoms with Gasteiger partial charge in [-0.25, -0.2) is 9.37 Å². The summed E-state index contributed by atoms with van der Waals surface area (Å²) in [6, 6.07) is 3.78. The summed E-state index contributed by atoms with van der Waals surface area (Å²) in [6.45, 7) is 1.73. The molecule has 116 valence electrons. The first-order chi connectivity index (χ1) is 10.6. The molecule has 0 radical (unpaired) electrons. The summed E-state index contributed by atoms with van der Waals surface area (Å²) in [5, 5.41) is 3.59. The van der Waals surface area contributed by atoms with E-state index < -0.39 is 5.82 Å². The van der Waals surface area contributed by atoms with Gasteiger partial charge in [-0.1, -0.05) is 11.6 Å². The van der Waals surface area contributed by atoms with Crippen LogP contribution in [-0.4, -0.2) is 40.0 Å². The van der Waals surface area contributed by atoms with E-state index in [4.69, 9.17) is 11.6 Å². The summed E-state index contributed by atoms with van der Waals surface area (Å²) in [5.41, 5.74) is -0.00592. The highest BCUT2D eigenvalue weighted by atomic mass is 35.5. The maximum absolute atomic E-state index is 14.0. The molecule has 1 unspecified atom stereocenters. The van der Waals surface area contributed by atoms with E-state index in [0.29, 0.717) is 24.7 Å². The van der Waals surface area contributed by atoms with Crippen LogP contribution < -0.4 is 5.32 Å². The Kier molecular flexibility index (Phi) is 4.13. The minimum absolute atomic E-state index is 0.00592. The van der Waals surface area contributed by atoms with Crippen molar-refractivity contribution in [1.29, 1.82) is 0 Å². The van der Waals surface area contributed by atoms with Gasteiger partial charge in [0.05, 0.1) is 5.56 Å². The zero-order valence-electron chi connectivity index (χ0n) is 12.1. The number of nitrogens with zero attached hydrogens (tertiary/aromatic N) is 3. The molecule has 1 aromatic heterocycles. The standard InChI is InChI=1S/C15H16ClFN4O/c1-20-6-5-19-14(20)13-9-18-4-7-21(13)15(22)11-8-10(16)2-3-12(11)17/h2-3,5-6,8,13,18H,4,7,9H2,1H3. The second-order valence-corrected chi connectivity index (χ2v) is 5.68. The summed E-state index contributed by atoms with van der Waals surface area (Å²) in [6.07, 6.45) is 3.51. The molecule has 1 aliphatic rings. The van der Waals surface area contributed by atoms with E-state index in [1.807, 2.05) is 17.8 Å². The van der Waals surface area contributed by atoms with Gasteiger partial charge in [0.1, 0.15) is 17.7 Å². The Hall–Kier alpha value is -1.92. The van der Waals surface area contributed by atoms with Gasteiger partial charge in [-0.2, -0.15) is 0 Å². The average molecular weight is 323 g/mol. The molecule has 1 aliphatic heterocycles. The fraction of sp³-hybridized carbons (Fsp3) is 0.333. The monoisotopic (exact) mass is 322 g/mol. The molecule has 0 spiro atoms. The van der Waals surface area contributed by atoms with Gasteiger partial charge in [0.25, 0.3) is 5.91 Å². The molecule has 2 heterocycles. The van der Waals surface area contributed by atoms with E-state index in [1.54, 1.807) is 11.1 Å².